The number of rotatable bonds is 4. The molecule has 2 N–H and O–H groups in total. The first-order valence-corrected chi connectivity index (χ1v) is 13.9. The van der Waals surface area contributed by atoms with E-state index in [1.165, 1.54) is 12.0 Å². The van der Waals surface area contributed by atoms with Crippen molar-refractivity contribution in [1.82, 2.24) is 15.0 Å². The van der Waals surface area contributed by atoms with E-state index in [0.29, 0.717) is 31.0 Å². The molecule has 3 aliphatic rings. The number of aromatic nitrogens is 2. The number of hydrogen-bond acceptors (Lipinski definition) is 5. The number of fused-ring (bicyclic) bond motifs is 4. The fraction of sp³-hybridized carbons (Fsp3) is 0.452. The molecule has 1 saturated heterocycles. The summed E-state index contributed by atoms with van der Waals surface area (Å²) in [5.74, 6) is 0.101. The maximum atomic E-state index is 14.7. The standard InChI is InChI=1S/C31H36N4O3/c1-30(2)20-23(15-18-38-30)35-28(37)25-26(32-29(35)34-33-27(36)21-11-5-3-6-12-21)24-14-8-7-13-22(24)19-31(25)16-9-4-10-17-31/h3,5-8,11-14,23H,4,9-10,15-20H2,1-2H3,(H,32,34)(H,33,36). The molecule has 7 heteroatoms. The van der Waals surface area contributed by atoms with Crippen molar-refractivity contribution in [2.24, 2.45) is 0 Å². The molecule has 1 atom stereocenters. The van der Waals surface area contributed by atoms with Gasteiger partial charge in [0.25, 0.3) is 11.5 Å². The topological polar surface area (TPSA) is 85.3 Å². The summed E-state index contributed by atoms with van der Waals surface area (Å²) in [7, 11) is 0. The van der Waals surface area contributed by atoms with Crippen molar-refractivity contribution in [1.29, 1.82) is 0 Å². The van der Waals surface area contributed by atoms with Gasteiger partial charge in [0.15, 0.2) is 0 Å². The second-order valence-electron chi connectivity index (χ2n) is 11.7. The van der Waals surface area contributed by atoms with E-state index in [1.807, 2.05) is 28.8 Å². The van der Waals surface area contributed by atoms with Crippen molar-refractivity contribution in [3.63, 3.8) is 0 Å². The van der Waals surface area contributed by atoms with Gasteiger partial charge in [-0.2, -0.15) is 0 Å². The summed E-state index contributed by atoms with van der Waals surface area (Å²) in [5, 5.41) is 0. The van der Waals surface area contributed by atoms with Crippen LogP contribution in [0.25, 0.3) is 11.3 Å². The summed E-state index contributed by atoms with van der Waals surface area (Å²) in [5.41, 5.74) is 9.76. The van der Waals surface area contributed by atoms with Gasteiger partial charge >= 0.3 is 0 Å². The largest absolute Gasteiger partial charge is 0.375 e. The second kappa shape index (κ2) is 9.70. The highest BCUT2D eigenvalue weighted by Gasteiger charge is 2.44. The van der Waals surface area contributed by atoms with Gasteiger partial charge in [0, 0.05) is 29.2 Å². The Morgan fingerprint density at radius 1 is 1.03 bits per heavy atom. The van der Waals surface area contributed by atoms with Crippen molar-refractivity contribution in [3.05, 3.63) is 81.6 Å². The van der Waals surface area contributed by atoms with E-state index in [0.717, 1.165) is 48.9 Å². The Labute approximate surface area is 223 Å². The van der Waals surface area contributed by atoms with Crippen molar-refractivity contribution < 1.29 is 9.53 Å². The third-order valence-electron chi connectivity index (χ3n) is 8.62. The number of anilines is 1. The maximum Gasteiger partial charge on any atom is 0.269 e. The predicted octanol–water partition coefficient (Wildman–Crippen LogP) is 5.56. The summed E-state index contributed by atoms with van der Waals surface area (Å²) >= 11 is 0. The molecular formula is C31H36N4O3. The molecule has 2 fully saturated rings. The third-order valence-corrected chi connectivity index (χ3v) is 8.62. The number of benzene rings is 2. The number of nitrogens with zero attached hydrogens (tertiary/aromatic N) is 2. The van der Waals surface area contributed by atoms with Crippen LogP contribution in [0.5, 0.6) is 0 Å². The molecule has 2 heterocycles. The van der Waals surface area contributed by atoms with Crippen LogP contribution in [0.3, 0.4) is 0 Å². The molecule has 6 rings (SSSR count). The Morgan fingerprint density at radius 2 is 1.76 bits per heavy atom. The average Bonchev–Trinajstić information content (AvgIpc) is 2.92. The highest BCUT2D eigenvalue weighted by Crippen LogP contribution is 2.49. The summed E-state index contributed by atoms with van der Waals surface area (Å²) in [6, 6.07) is 17.3. The molecule has 1 aromatic heterocycles. The Morgan fingerprint density at radius 3 is 2.53 bits per heavy atom. The third kappa shape index (κ3) is 4.43. The maximum absolute atomic E-state index is 14.7. The molecule has 2 aliphatic carbocycles. The number of carbonyl (C=O) groups is 1. The first-order chi connectivity index (χ1) is 18.4. The van der Waals surface area contributed by atoms with Gasteiger partial charge in [-0.05, 0) is 63.6 Å². The molecule has 3 aromatic rings. The van der Waals surface area contributed by atoms with E-state index in [4.69, 9.17) is 9.72 Å². The van der Waals surface area contributed by atoms with Crippen molar-refractivity contribution >= 4 is 11.9 Å². The summed E-state index contributed by atoms with van der Waals surface area (Å²) < 4.78 is 7.81. The minimum absolute atomic E-state index is 0.0190. The van der Waals surface area contributed by atoms with Crippen LogP contribution in [0.4, 0.5) is 5.95 Å². The quantitative estimate of drug-likeness (QED) is 0.448. The van der Waals surface area contributed by atoms with Gasteiger partial charge in [0.05, 0.1) is 16.9 Å². The minimum Gasteiger partial charge on any atom is -0.375 e. The van der Waals surface area contributed by atoms with E-state index in [1.54, 1.807) is 12.1 Å². The molecule has 1 spiro atoms. The number of amides is 1. The number of hydrogen-bond donors (Lipinski definition) is 2. The lowest BCUT2D eigenvalue weighted by Crippen LogP contribution is -2.46. The molecule has 0 radical (unpaired) electrons. The Hall–Kier alpha value is -3.45. The van der Waals surface area contributed by atoms with Crippen LogP contribution in [-0.2, 0) is 16.6 Å². The van der Waals surface area contributed by atoms with E-state index in [-0.39, 0.29) is 28.5 Å². The summed E-state index contributed by atoms with van der Waals surface area (Å²) in [6.45, 7) is 4.71. The SMILES string of the molecule is CC1(C)CC(n2c(NNC(=O)c3ccccc3)nc3c(c2=O)C2(CCCCC2)Cc2ccccc2-3)CCO1. The van der Waals surface area contributed by atoms with Gasteiger partial charge in [-0.15, -0.1) is 0 Å². The lowest BCUT2D eigenvalue weighted by Gasteiger charge is -2.43. The second-order valence-corrected chi connectivity index (χ2v) is 11.7. The smallest absolute Gasteiger partial charge is 0.269 e. The number of nitrogens with one attached hydrogen (secondary N) is 2. The molecule has 38 heavy (non-hydrogen) atoms. The van der Waals surface area contributed by atoms with Crippen LogP contribution < -0.4 is 16.4 Å². The Bertz CT molecular complexity index is 1410. The minimum atomic E-state index is -0.349. The first-order valence-electron chi connectivity index (χ1n) is 13.9. The fourth-order valence-electron chi connectivity index (χ4n) is 6.84. The van der Waals surface area contributed by atoms with Crippen LogP contribution in [0.1, 0.15) is 86.3 Å². The lowest BCUT2D eigenvalue weighted by molar-refractivity contribution is -0.0694. The van der Waals surface area contributed by atoms with Crippen LogP contribution in [0.2, 0.25) is 0 Å². The zero-order chi connectivity index (χ0) is 26.3. The Balaban J connectivity index is 1.50. The van der Waals surface area contributed by atoms with E-state index in [2.05, 4.69) is 42.9 Å². The molecule has 198 valence electrons. The molecule has 1 amide bonds. The fourth-order valence-corrected chi connectivity index (χ4v) is 6.84. The van der Waals surface area contributed by atoms with Crippen molar-refractivity contribution in [2.75, 3.05) is 12.0 Å². The monoisotopic (exact) mass is 512 g/mol. The molecule has 0 bridgehead atoms. The van der Waals surface area contributed by atoms with E-state index < -0.39 is 0 Å². The van der Waals surface area contributed by atoms with Crippen molar-refractivity contribution in [2.45, 2.75) is 82.3 Å². The molecule has 7 nitrogen and oxygen atoms in total. The highest BCUT2D eigenvalue weighted by molar-refractivity contribution is 5.94. The Kier molecular flexibility index (Phi) is 6.34. The van der Waals surface area contributed by atoms with Crippen molar-refractivity contribution in [3.8, 4) is 11.3 Å². The van der Waals surface area contributed by atoms with Gasteiger partial charge in [0.1, 0.15) is 0 Å². The molecule has 1 unspecified atom stereocenters. The highest BCUT2D eigenvalue weighted by atomic mass is 16.5. The zero-order valence-corrected chi connectivity index (χ0v) is 22.3. The summed E-state index contributed by atoms with van der Waals surface area (Å²) in [4.78, 5) is 32.7. The number of hydrazine groups is 1. The van der Waals surface area contributed by atoms with E-state index in [9.17, 15) is 9.59 Å². The van der Waals surface area contributed by atoms with E-state index >= 15 is 0 Å². The molecule has 2 aromatic carbocycles. The van der Waals surface area contributed by atoms with Gasteiger partial charge in [-0.1, -0.05) is 61.7 Å². The van der Waals surface area contributed by atoms with Gasteiger partial charge in [-0.3, -0.25) is 25.0 Å². The van der Waals surface area contributed by atoms with Gasteiger partial charge in [-0.25, -0.2) is 4.98 Å². The van der Waals surface area contributed by atoms with Gasteiger partial charge in [0.2, 0.25) is 5.95 Å². The molecule has 1 aliphatic heterocycles. The molecular weight excluding hydrogens is 476 g/mol. The summed E-state index contributed by atoms with van der Waals surface area (Å²) in [6.07, 6.45) is 7.75. The number of carbonyl (C=O) groups excluding carboxylic acids is 1. The zero-order valence-electron chi connectivity index (χ0n) is 22.3. The number of ether oxygens (including phenoxy) is 1. The average molecular weight is 513 g/mol. The first kappa shape index (κ1) is 24.9. The molecule has 1 saturated carbocycles. The van der Waals surface area contributed by atoms with Gasteiger partial charge < -0.3 is 4.74 Å². The predicted molar refractivity (Wildman–Crippen MR) is 148 cm³/mol. The lowest BCUT2D eigenvalue weighted by atomic mass is 9.62. The van der Waals surface area contributed by atoms with Crippen LogP contribution >= 0.6 is 0 Å². The van der Waals surface area contributed by atoms with Crippen LogP contribution in [0.15, 0.2) is 59.4 Å². The van der Waals surface area contributed by atoms with Crippen LogP contribution in [-0.4, -0.2) is 27.7 Å². The van der Waals surface area contributed by atoms with Crippen LogP contribution in [0, 0.1) is 0 Å². The normalized spacial score (nSPS) is 21.3.